The fourth-order valence-corrected chi connectivity index (χ4v) is 3.20. The molecule has 0 aliphatic carbocycles. The van der Waals surface area contributed by atoms with E-state index in [4.69, 9.17) is 4.74 Å². The monoisotopic (exact) mass is 316 g/mol. The highest BCUT2D eigenvalue weighted by Gasteiger charge is 2.43. The van der Waals surface area contributed by atoms with Gasteiger partial charge in [-0.3, -0.25) is 4.79 Å². The molecule has 0 atom stereocenters. The van der Waals surface area contributed by atoms with Crippen LogP contribution in [-0.2, 0) is 21.4 Å². The van der Waals surface area contributed by atoms with Crippen molar-refractivity contribution in [2.75, 3.05) is 7.11 Å². The summed E-state index contributed by atoms with van der Waals surface area (Å²) in [6.07, 6.45) is 0.550. The molecule has 0 radical (unpaired) electrons. The summed E-state index contributed by atoms with van der Waals surface area (Å²) in [6, 6.07) is 29.8. The molecule has 0 amide bonds. The molecule has 0 heterocycles. The van der Waals surface area contributed by atoms with Gasteiger partial charge in [-0.15, -0.1) is 0 Å². The van der Waals surface area contributed by atoms with Gasteiger partial charge in [0.15, 0.2) is 0 Å². The van der Waals surface area contributed by atoms with Gasteiger partial charge in [0.2, 0.25) is 0 Å². The predicted molar refractivity (Wildman–Crippen MR) is 95.8 cm³/mol. The molecular weight excluding hydrogens is 296 g/mol. The molecular formula is C22H20O2. The summed E-state index contributed by atoms with van der Waals surface area (Å²) < 4.78 is 5.26. The SMILES string of the molecule is COC(=O)C(Cc1ccccc1)(c1ccccc1)c1ccccc1. The largest absolute Gasteiger partial charge is 0.468 e. The lowest BCUT2D eigenvalue weighted by Crippen LogP contribution is -2.40. The van der Waals surface area contributed by atoms with Crippen LogP contribution in [0.3, 0.4) is 0 Å². The lowest BCUT2D eigenvalue weighted by Gasteiger charge is -2.32. The smallest absolute Gasteiger partial charge is 0.321 e. The minimum absolute atomic E-state index is 0.247. The molecule has 0 aliphatic rings. The molecule has 0 N–H and O–H groups in total. The van der Waals surface area contributed by atoms with Crippen LogP contribution in [0.4, 0.5) is 0 Å². The zero-order chi connectivity index (χ0) is 16.8. The highest BCUT2D eigenvalue weighted by molar-refractivity contribution is 5.88. The quantitative estimate of drug-likeness (QED) is 0.653. The predicted octanol–water partition coefficient (Wildman–Crippen LogP) is 4.39. The fourth-order valence-electron chi connectivity index (χ4n) is 3.20. The fraction of sp³-hybridized carbons (Fsp3) is 0.136. The van der Waals surface area contributed by atoms with E-state index in [0.717, 1.165) is 16.7 Å². The van der Waals surface area contributed by atoms with E-state index in [1.165, 1.54) is 7.11 Å². The van der Waals surface area contributed by atoms with Crippen LogP contribution in [-0.4, -0.2) is 13.1 Å². The normalized spacial score (nSPS) is 11.0. The molecule has 2 nitrogen and oxygen atoms in total. The average molecular weight is 316 g/mol. The van der Waals surface area contributed by atoms with Crippen LogP contribution in [0.15, 0.2) is 91.0 Å². The van der Waals surface area contributed by atoms with Gasteiger partial charge in [0, 0.05) is 0 Å². The second kappa shape index (κ2) is 7.14. The Morgan fingerprint density at radius 3 is 1.58 bits per heavy atom. The lowest BCUT2D eigenvalue weighted by molar-refractivity contribution is -0.145. The lowest BCUT2D eigenvalue weighted by atomic mass is 9.70. The van der Waals surface area contributed by atoms with Crippen molar-refractivity contribution in [1.82, 2.24) is 0 Å². The van der Waals surface area contributed by atoms with Gasteiger partial charge in [-0.25, -0.2) is 0 Å². The summed E-state index contributed by atoms with van der Waals surface area (Å²) in [6.45, 7) is 0. The molecule has 0 fully saturated rings. The van der Waals surface area contributed by atoms with Gasteiger partial charge in [-0.1, -0.05) is 91.0 Å². The first-order valence-electron chi connectivity index (χ1n) is 8.01. The van der Waals surface area contributed by atoms with E-state index < -0.39 is 5.41 Å². The van der Waals surface area contributed by atoms with Crippen molar-refractivity contribution in [3.63, 3.8) is 0 Å². The van der Waals surface area contributed by atoms with Gasteiger partial charge in [0.05, 0.1) is 7.11 Å². The van der Waals surface area contributed by atoms with Crippen molar-refractivity contribution >= 4 is 5.97 Å². The minimum atomic E-state index is -0.862. The number of benzene rings is 3. The number of esters is 1. The van der Waals surface area contributed by atoms with E-state index in [1.54, 1.807) is 0 Å². The molecule has 24 heavy (non-hydrogen) atoms. The van der Waals surface area contributed by atoms with Crippen molar-refractivity contribution in [3.05, 3.63) is 108 Å². The zero-order valence-electron chi connectivity index (χ0n) is 13.7. The number of hydrogen-bond acceptors (Lipinski definition) is 2. The molecule has 3 rings (SSSR count). The number of ether oxygens (including phenoxy) is 1. The van der Waals surface area contributed by atoms with Gasteiger partial charge in [-0.2, -0.15) is 0 Å². The van der Waals surface area contributed by atoms with Crippen molar-refractivity contribution in [2.45, 2.75) is 11.8 Å². The zero-order valence-corrected chi connectivity index (χ0v) is 13.7. The molecule has 0 unspecified atom stereocenters. The summed E-state index contributed by atoms with van der Waals surface area (Å²) in [5, 5.41) is 0. The van der Waals surface area contributed by atoms with Crippen LogP contribution in [0.2, 0.25) is 0 Å². The standard InChI is InChI=1S/C22H20O2/c1-24-21(23)22(19-13-7-3-8-14-19,20-15-9-4-10-16-20)17-18-11-5-2-6-12-18/h2-16H,17H2,1H3. The molecule has 0 saturated carbocycles. The third kappa shape index (κ3) is 2.95. The van der Waals surface area contributed by atoms with Crippen molar-refractivity contribution in [3.8, 4) is 0 Å². The summed E-state index contributed by atoms with van der Waals surface area (Å²) in [7, 11) is 1.45. The molecule has 0 aliphatic heterocycles. The van der Waals surface area contributed by atoms with Crippen LogP contribution in [0.25, 0.3) is 0 Å². The highest BCUT2D eigenvalue weighted by atomic mass is 16.5. The van der Waals surface area contributed by atoms with Gasteiger partial charge in [0.25, 0.3) is 0 Å². The molecule has 2 heteroatoms. The topological polar surface area (TPSA) is 26.3 Å². The van der Waals surface area contributed by atoms with Crippen LogP contribution < -0.4 is 0 Å². The van der Waals surface area contributed by atoms with Crippen LogP contribution >= 0.6 is 0 Å². The Morgan fingerprint density at radius 2 is 1.17 bits per heavy atom. The summed E-state index contributed by atoms with van der Waals surface area (Å²) >= 11 is 0. The van der Waals surface area contributed by atoms with Crippen LogP contribution in [0.5, 0.6) is 0 Å². The van der Waals surface area contributed by atoms with Crippen molar-refractivity contribution < 1.29 is 9.53 Å². The van der Waals surface area contributed by atoms with E-state index in [9.17, 15) is 4.79 Å². The third-order valence-corrected chi connectivity index (χ3v) is 4.38. The number of methoxy groups -OCH3 is 1. The molecule has 0 aromatic heterocycles. The van der Waals surface area contributed by atoms with Crippen molar-refractivity contribution in [1.29, 1.82) is 0 Å². The third-order valence-electron chi connectivity index (χ3n) is 4.38. The maximum absolute atomic E-state index is 13.0. The van der Waals surface area contributed by atoms with Crippen molar-refractivity contribution in [2.24, 2.45) is 0 Å². The van der Waals surface area contributed by atoms with Crippen LogP contribution in [0.1, 0.15) is 16.7 Å². The Morgan fingerprint density at radius 1 is 0.750 bits per heavy atom. The Bertz CT molecular complexity index is 740. The van der Waals surface area contributed by atoms with E-state index in [1.807, 2.05) is 91.0 Å². The Labute approximate surface area is 142 Å². The highest BCUT2D eigenvalue weighted by Crippen LogP contribution is 2.37. The van der Waals surface area contributed by atoms with E-state index >= 15 is 0 Å². The van der Waals surface area contributed by atoms with E-state index in [0.29, 0.717) is 6.42 Å². The van der Waals surface area contributed by atoms with Gasteiger partial charge in [0.1, 0.15) is 5.41 Å². The molecule has 120 valence electrons. The minimum Gasteiger partial charge on any atom is -0.468 e. The Kier molecular flexibility index (Phi) is 4.76. The van der Waals surface area contributed by atoms with E-state index in [2.05, 4.69) is 0 Å². The van der Waals surface area contributed by atoms with Gasteiger partial charge < -0.3 is 4.74 Å². The maximum Gasteiger partial charge on any atom is 0.321 e. The Hall–Kier alpha value is -2.87. The molecule has 0 saturated heterocycles. The first-order chi connectivity index (χ1) is 11.8. The summed E-state index contributed by atoms with van der Waals surface area (Å²) in [5.41, 5.74) is 2.10. The average Bonchev–Trinajstić information content (AvgIpc) is 2.67. The van der Waals surface area contributed by atoms with Gasteiger partial charge in [-0.05, 0) is 23.1 Å². The second-order valence-electron chi connectivity index (χ2n) is 5.79. The number of hydrogen-bond donors (Lipinski definition) is 0. The summed E-state index contributed by atoms with van der Waals surface area (Å²) in [5.74, 6) is -0.247. The van der Waals surface area contributed by atoms with Crippen LogP contribution in [0, 0.1) is 0 Å². The first kappa shape index (κ1) is 16.0. The van der Waals surface area contributed by atoms with E-state index in [-0.39, 0.29) is 5.97 Å². The van der Waals surface area contributed by atoms with Gasteiger partial charge >= 0.3 is 5.97 Å². The Balaban J connectivity index is 2.23. The first-order valence-corrected chi connectivity index (χ1v) is 8.01. The molecule has 3 aromatic rings. The molecule has 3 aromatic carbocycles. The number of rotatable bonds is 5. The maximum atomic E-state index is 13.0. The second-order valence-corrected chi connectivity index (χ2v) is 5.79. The molecule has 0 bridgehead atoms. The number of carbonyl (C=O) groups excluding carboxylic acids is 1. The number of carbonyl (C=O) groups is 1. The summed E-state index contributed by atoms with van der Waals surface area (Å²) in [4.78, 5) is 13.0. The molecule has 0 spiro atoms.